The third kappa shape index (κ3) is 2.03. The van der Waals surface area contributed by atoms with Crippen molar-refractivity contribution in [1.29, 1.82) is 0 Å². The standard InChI is InChI=1S/C13H16N4/c14-10-2-3-11-9(7-10)1-4-12(11)17-8-13-15-5-6-16-13/h2-3,5-7,12,17H,1,4,8,14H2,(H,15,16). The molecule has 1 aliphatic carbocycles. The van der Waals surface area contributed by atoms with Crippen molar-refractivity contribution in [2.24, 2.45) is 0 Å². The van der Waals surface area contributed by atoms with Crippen molar-refractivity contribution < 1.29 is 0 Å². The predicted molar refractivity (Wildman–Crippen MR) is 67.3 cm³/mol. The van der Waals surface area contributed by atoms with Crippen molar-refractivity contribution in [3.8, 4) is 0 Å². The molecular formula is C13H16N4. The second-order valence-corrected chi connectivity index (χ2v) is 4.47. The molecule has 0 aliphatic heterocycles. The third-order valence-electron chi connectivity index (χ3n) is 3.32. The topological polar surface area (TPSA) is 66.7 Å². The molecule has 17 heavy (non-hydrogen) atoms. The van der Waals surface area contributed by atoms with E-state index in [1.807, 2.05) is 12.3 Å². The molecule has 1 aliphatic rings. The molecule has 0 spiro atoms. The number of imidazole rings is 1. The summed E-state index contributed by atoms with van der Waals surface area (Å²) in [5.41, 5.74) is 9.41. The summed E-state index contributed by atoms with van der Waals surface area (Å²) in [4.78, 5) is 7.31. The predicted octanol–water partition coefficient (Wildman–Crippen LogP) is 1.77. The van der Waals surface area contributed by atoms with E-state index in [-0.39, 0.29) is 0 Å². The number of nitrogens with one attached hydrogen (secondary N) is 2. The summed E-state index contributed by atoms with van der Waals surface area (Å²) in [6, 6.07) is 6.63. The Labute approximate surface area is 100 Å². The van der Waals surface area contributed by atoms with Crippen molar-refractivity contribution in [3.63, 3.8) is 0 Å². The maximum atomic E-state index is 5.79. The molecule has 0 bridgehead atoms. The number of benzene rings is 1. The van der Waals surface area contributed by atoms with Crippen LogP contribution in [0.15, 0.2) is 30.6 Å². The van der Waals surface area contributed by atoms with Crippen molar-refractivity contribution >= 4 is 5.69 Å². The van der Waals surface area contributed by atoms with E-state index in [1.54, 1.807) is 6.20 Å². The fourth-order valence-electron chi connectivity index (χ4n) is 2.46. The maximum Gasteiger partial charge on any atom is 0.120 e. The van der Waals surface area contributed by atoms with Gasteiger partial charge in [0.25, 0.3) is 0 Å². The number of hydrogen-bond acceptors (Lipinski definition) is 3. The van der Waals surface area contributed by atoms with Gasteiger partial charge in [0, 0.05) is 24.1 Å². The minimum absolute atomic E-state index is 0.427. The summed E-state index contributed by atoms with van der Waals surface area (Å²) in [5, 5.41) is 3.53. The molecule has 1 aromatic heterocycles. The molecular weight excluding hydrogens is 212 g/mol. The lowest BCUT2D eigenvalue weighted by molar-refractivity contribution is 0.521. The molecule has 1 atom stereocenters. The smallest absolute Gasteiger partial charge is 0.120 e. The lowest BCUT2D eigenvalue weighted by Crippen LogP contribution is -2.19. The summed E-state index contributed by atoms with van der Waals surface area (Å²) >= 11 is 0. The molecule has 0 radical (unpaired) electrons. The Morgan fingerprint density at radius 3 is 3.24 bits per heavy atom. The van der Waals surface area contributed by atoms with Crippen LogP contribution in [0.2, 0.25) is 0 Å². The normalized spacial score (nSPS) is 18.2. The largest absolute Gasteiger partial charge is 0.399 e. The van der Waals surface area contributed by atoms with Gasteiger partial charge in [-0.1, -0.05) is 6.07 Å². The van der Waals surface area contributed by atoms with Gasteiger partial charge < -0.3 is 16.0 Å². The second-order valence-electron chi connectivity index (χ2n) is 4.47. The number of nitrogen functional groups attached to an aromatic ring is 1. The Morgan fingerprint density at radius 1 is 1.47 bits per heavy atom. The first-order valence-corrected chi connectivity index (χ1v) is 5.93. The number of aryl methyl sites for hydroxylation is 1. The number of nitrogens with two attached hydrogens (primary N) is 1. The van der Waals surface area contributed by atoms with Crippen LogP contribution < -0.4 is 11.1 Å². The minimum atomic E-state index is 0.427. The molecule has 1 aromatic carbocycles. The van der Waals surface area contributed by atoms with Crippen LogP contribution in [-0.4, -0.2) is 9.97 Å². The summed E-state index contributed by atoms with van der Waals surface area (Å²) in [6.45, 7) is 0.779. The van der Waals surface area contributed by atoms with Crippen LogP contribution >= 0.6 is 0 Å². The Balaban J connectivity index is 1.71. The highest BCUT2D eigenvalue weighted by Gasteiger charge is 2.21. The van der Waals surface area contributed by atoms with Gasteiger partial charge in [-0.3, -0.25) is 0 Å². The van der Waals surface area contributed by atoms with Gasteiger partial charge in [-0.05, 0) is 36.1 Å². The summed E-state index contributed by atoms with van der Waals surface area (Å²) in [7, 11) is 0. The quantitative estimate of drug-likeness (QED) is 0.701. The third-order valence-corrected chi connectivity index (χ3v) is 3.32. The fourth-order valence-corrected chi connectivity index (χ4v) is 2.46. The zero-order chi connectivity index (χ0) is 11.7. The van der Waals surface area contributed by atoms with Gasteiger partial charge >= 0.3 is 0 Å². The van der Waals surface area contributed by atoms with E-state index >= 15 is 0 Å². The first-order valence-electron chi connectivity index (χ1n) is 5.93. The SMILES string of the molecule is Nc1ccc2c(c1)CCC2NCc1ncc[nH]1. The molecule has 0 fully saturated rings. The zero-order valence-electron chi connectivity index (χ0n) is 9.61. The molecule has 4 N–H and O–H groups in total. The van der Waals surface area contributed by atoms with E-state index in [0.717, 1.165) is 30.9 Å². The lowest BCUT2D eigenvalue weighted by atomic mass is 10.1. The van der Waals surface area contributed by atoms with Gasteiger partial charge in [0.15, 0.2) is 0 Å². The van der Waals surface area contributed by atoms with Crippen molar-refractivity contribution in [2.75, 3.05) is 5.73 Å². The number of anilines is 1. The number of nitrogens with zero attached hydrogens (tertiary/aromatic N) is 1. The Bertz CT molecular complexity index is 504. The molecule has 4 nitrogen and oxygen atoms in total. The highest BCUT2D eigenvalue weighted by Crippen LogP contribution is 2.32. The number of aromatic amines is 1. The van der Waals surface area contributed by atoms with E-state index in [9.17, 15) is 0 Å². The van der Waals surface area contributed by atoms with E-state index in [1.165, 1.54) is 11.1 Å². The second kappa shape index (κ2) is 4.22. The molecule has 3 rings (SSSR count). The van der Waals surface area contributed by atoms with E-state index in [0.29, 0.717) is 6.04 Å². The number of H-pyrrole nitrogens is 1. The highest BCUT2D eigenvalue weighted by atomic mass is 15.0. The average Bonchev–Trinajstić information content (AvgIpc) is 2.94. The maximum absolute atomic E-state index is 5.79. The zero-order valence-corrected chi connectivity index (χ0v) is 9.61. The van der Waals surface area contributed by atoms with Crippen LogP contribution in [0.25, 0.3) is 0 Å². The van der Waals surface area contributed by atoms with Gasteiger partial charge in [0.2, 0.25) is 0 Å². The fraction of sp³-hybridized carbons (Fsp3) is 0.308. The van der Waals surface area contributed by atoms with Crippen LogP contribution in [-0.2, 0) is 13.0 Å². The molecule has 0 saturated heterocycles. The summed E-state index contributed by atoms with van der Waals surface area (Å²) < 4.78 is 0. The van der Waals surface area contributed by atoms with Crippen molar-refractivity contribution in [3.05, 3.63) is 47.5 Å². The van der Waals surface area contributed by atoms with E-state index in [4.69, 9.17) is 5.73 Å². The average molecular weight is 228 g/mol. The van der Waals surface area contributed by atoms with E-state index in [2.05, 4.69) is 27.4 Å². The van der Waals surface area contributed by atoms with Gasteiger partial charge in [-0.15, -0.1) is 0 Å². The number of rotatable bonds is 3. The van der Waals surface area contributed by atoms with Crippen LogP contribution in [0.5, 0.6) is 0 Å². The first kappa shape index (κ1) is 10.4. The molecule has 1 unspecified atom stereocenters. The summed E-state index contributed by atoms with van der Waals surface area (Å²) in [5.74, 6) is 0.980. The van der Waals surface area contributed by atoms with Crippen molar-refractivity contribution in [2.45, 2.75) is 25.4 Å². The first-order chi connectivity index (χ1) is 8.33. The molecule has 4 heteroatoms. The molecule has 1 heterocycles. The molecule has 88 valence electrons. The number of aromatic nitrogens is 2. The van der Waals surface area contributed by atoms with Crippen LogP contribution in [0.4, 0.5) is 5.69 Å². The van der Waals surface area contributed by atoms with Gasteiger partial charge in [0.1, 0.15) is 5.82 Å². The Kier molecular flexibility index (Phi) is 2.57. The van der Waals surface area contributed by atoms with Crippen molar-refractivity contribution in [1.82, 2.24) is 15.3 Å². The molecule has 0 amide bonds. The lowest BCUT2D eigenvalue weighted by Gasteiger charge is -2.13. The van der Waals surface area contributed by atoms with Crippen LogP contribution in [0, 0.1) is 0 Å². The van der Waals surface area contributed by atoms with E-state index < -0.39 is 0 Å². The number of fused-ring (bicyclic) bond motifs is 1. The number of hydrogen-bond donors (Lipinski definition) is 3. The molecule has 0 saturated carbocycles. The van der Waals surface area contributed by atoms with Gasteiger partial charge in [0.05, 0.1) is 6.54 Å². The highest BCUT2D eigenvalue weighted by molar-refractivity contribution is 5.47. The van der Waals surface area contributed by atoms with Crippen LogP contribution in [0.3, 0.4) is 0 Å². The van der Waals surface area contributed by atoms with Gasteiger partial charge in [-0.25, -0.2) is 4.98 Å². The van der Waals surface area contributed by atoms with Crippen LogP contribution in [0.1, 0.15) is 29.4 Å². The summed E-state index contributed by atoms with van der Waals surface area (Å²) in [6.07, 6.45) is 5.87. The monoisotopic (exact) mass is 228 g/mol. The minimum Gasteiger partial charge on any atom is -0.399 e. The Hall–Kier alpha value is -1.81. The Morgan fingerprint density at radius 2 is 2.41 bits per heavy atom. The van der Waals surface area contributed by atoms with Gasteiger partial charge in [-0.2, -0.15) is 0 Å². The molecule has 2 aromatic rings.